The van der Waals surface area contributed by atoms with E-state index in [0.29, 0.717) is 0 Å². The van der Waals surface area contributed by atoms with Crippen molar-refractivity contribution in [2.24, 2.45) is 5.92 Å². The molecule has 0 nitrogen and oxygen atoms in total. The summed E-state index contributed by atoms with van der Waals surface area (Å²) in [5.41, 5.74) is 1.48. The lowest BCUT2D eigenvalue weighted by molar-refractivity contribution is 0.520. The van der Waals surface area contributed by atoms with Crippen LogP contribution >= 0.6 is 0 Å². The Morgan fingerprint density at radius 1 is 0.593 bits per heavy atom. The number of hydrogen-bond acceptors (Lipinski definition) is 0. The fourth-order valence-electron chi connectivity index (χ4n) is 4.27. The number of fused-ring (bicyclic) bond motifs is 5. The SMILES string of the molecule is CC(C)CCCCCCc1ccc2c(ccc3c4ccccc4ccc23)c1. The summed E-state index contributed by atoms with van der Waals surface area (Å²) in [7, 11) is 0. The second-order valence-electron chi connectivity index (χ2n) is 8.35. The maximum atomic E-state index is 2.40. The molecule has 0 amide bonds. The molecule has 0 unspecified atom stereocenters. The Balaban J connectivity index is 1.53. The molecule has 0 aromatic heterocycles. The van der Waals surface area contributed by atoms with Gasteiger partial charge < -0.3 is 0 Å². The molecule has 27 heavy (non-hydrogen) atoms. The van der Waals surface area contributed by atoms with Gasteiger partial charge in [0.15, 0.2) is 0 Å². The van der Waals surface area contributed by atoms with Crippen molar-refractivity contribution in [3.05, 3.63) is 72.3 Å². The van der Waals surface area contributed by atoms with Gasteiger partial charge in [0, 0.05) is 0 Å². The zero-order valence-corrected chi connectivity index (χ0v) is 16.7. The molecule has 4 rings (SSSR count). The monoisotopic (exact) mass is 354 g/mol. The van der Waals surface area contributed by atoms with Gasteiger partial charge in [0.25, 0.3) is 0 Å². The van der Waals surface area contributed by atoms with E-state index in [1.807, 2.05) is 0 Å². The average Bonchev–Trinajstić information content (AvgIpc) is 2.69. The van der Waals surface area contributed by atoms with Crippen LogP contribution in [-0.2, 0) is 6.42 Å². The molecule has 0 fully saturated rings. The Kier molecular flexibility index (Phi) is 5.43. The van der Waals surface area contributed by atoms with E-state index < -0.39 is 0 Å². The van der Waals surface area contributed by atoms with Crippen molar-refractivity contribution in [3.8, 4) is 0 Å². The highest BCUT2D eigenvalue weighted by Gasteiger charge is 2.05. The summed E-state index contributed by atoms with van der Waals surface area (Å²) in [5.74, 6) is 0.845. The van der Waals surface area contributed by atoms with Crippen LogP contribution < -0.4 is 0 Å². The van der Waals surface area contributed by atoms with Crippen LogP contribution in [0.1, 0.15) is 51.5 Å². The Morgan fingerprint density at radius 3 is 2.07 bits per heavy atom. The maximum Gasteiger partial charge on any atom is -0.00990 e. The first-order valence-electron chi connectivity index (χ1n) is 10.6. The van der Waals surface area contributed by atoms with Crippen LogP contribution in [0.15, 0.2) is 66.7 Å². The zero-order chi connectivity index (χ0) is 18.6. The molecule has 0 atom stereocenters. The molecule has 138 valence electrons. The molecule has 0 aliphatic carbocycles. The van der Waals surface area contributed by atoms with Crippen molar-refractivity contribution in [2.75, 3.05) is 0 Å². The molecule has 0 bridgehead atoms. The lowest BCUT2D eigenvalue weighted by Crippen LogP contribution is -1.89. The number of aryl methyl sites for hydroxylation is 1. The third-order valence-corrected chi connectivity index (χ3v) is 5.80. The highest BCUT2D eigenvalue weighted by Crippen LogP contribution is 2.31. The van der Waals surface area contributed by atoms with Gasteiger partial charge in [-0.05, 0) is 56.6 Å². The minimum absolute atomic E-state index is 0.845. The Labute approximate surface area is 163 Å². The first-order valence-corrected chi connectivity index (χ1v) is 10.6. The van der Waals surface area contributed by atoms with E-state index >= 15 is 0 Å². The van der Waals surface area contributed by atoms with E-state index in [1.165, 1.54) is 76.4 Å². The molecule has 0 aliphatic rings. The van der Waals surface area contributed by atoms with Gasteiger partial charge in [-0.3, -0.25) is 0 Å². The van der Waals surface area contributed by atoms with Crippen molar-refractivity contribution in [1.82, 2.24) is 0 Å². The van der Waals surface area contributed by atoms with Crippen LogP contribution in [0.3, 0.4) is 0 Å². The molecule has 4 aromatic carbocycles. The summed E-state index contributed by atoms with van der Waals surface area (Å²) >= 11 is 0. The largest absolute Gasteiger partial charge is 0.0628 e. The van der Waals surface area contributed by atoms with Crippen molar-refractivity contribution in [1.29, 1.82) is 0 Å². The van der Waals surface area contributed by atoms with Crippen LogP contribution in [0, 0.1) is 5.92 Å². The Hall–Kier alpha value is -2.34. The van der Waals surface area contributed by atoms with E-state index in [4.69, 9.17) is 0 Å². The highest BCUT2D eigenvalue weighted by atomic mass is 14.1. The molecule has 0 heteroatoms. The summed E-state index contributed by atoms with van der Waals surface area (Å²) < 4.78 is 0. The third-order valence-electron chi connectivity index (χ3n) is 5.80. The van der Waals surface area contributed by atoms with Gasteiger partial charge in [-0.25, -0.2) is 0 Å². The van der Waals surface area contributed by atoms with E-state index in [1.54, 1.807) is 0 Å². The van der Waals surface area contributed by atoms with E-state index in [-0.39, 0.29) is 0 Å². The fourth-order valence-corrected chi connectivity index (χ4v) is 4.27. The van der Waals surface area contributed by atoms with Crippen LogP contribution in [-0.4, -0.2) is 0 Å². The predicted molar refractivity (Wildman–Crippen MR) is 121 cm³/mol. The van der Waals surface area contributed by atoms with Gasteiger partial charge in [0.05, 0.1) is 0 Å². The molecule has 0 saturated carbocycles. The molecule has 0 saturated heterocycles. The molecule has 0 aliphatic heterocycles. The quantitative estimate of drug-likeness (QED) is 0.231. The molecule has 0 heterocycles. The van der Waals surface area contributed by atoms with E-state index in [9.17, 15) is 0 Å². The number of rotatable bonds is 7. The Bertz CT molecular complexity index is 1060. The zero-order valence-electron chi connectivity index (χ0n) is 16.7. The van der Waals surface area contributed by atoms with E-state index in [0.717, 1.165) is 5.92 Å². The molecule has 4 aromatic rings. The standard InChI is InChI=1S/C27H30/c1-20(2)9-5-3-4-6-10-21-13-16-25-23(19-21)15-18-26-24-12-8-7-11-22(24)14-17-27(25)26/h7-8,11-20H,3-6,9-10H2,1-2H3. The van der Waals surface area contributed by atoms with Gasteiger partial charge in [-0.2, -0.15) is 0 Å². The average molecular weight is 355 g/mol. The molecule has 0 spiro atoms. The van der Waals surface area contributed by atoms with Gasteiger partial charge in [-0.15, -0.1) is 0 Å². The van der Waals surface area contributed by atoms with Gasteiger partial charge in [0.2, 0.25) is 0 Å². The topological polar surface area (TPSA) is 0 Å². The van der Waals surface area contributed by atoms with Gasteiger partial charge >= 0.3 is 0 Å². The number of unbranched alkanes of at least 4 members (excludes halogenated alkanes) is 3. The number of hydrogen-bond donors (Lipinski definition) is 0. The second-order valence-corrected chi connectivity index (χ2v) is 8.35. The lowest BCUT2D eigenvalue weighted by Gasteiger charge is -2.09. The smallest absolute Gasteiger partial charge is 0.00990 e. The molecule has 0 N–H and O–H groups in total. The second kappa shape index (κ2) is 8.13. The summed E-state index contributed by atoms with van der Waals surface area (Å²) in [4.78, 5) is 0. The minimum Gasteiger partial charge on any atom is -0.0628 e. The third kappa shape index (κ3) is 4.00. The molecular formula is C27H30. The van der Waals surface area contributed by atoms with Crippen molar-refractivity contribution in [2.45, 2.75) is 52.4 Å². The maximum absolute atomic E-state index is 2.40. The highest BCUT2D eigenvalue weighted by molar-refractivity contribution is 6.17. The van der Waals surface area contributed by atoms with Crippen LogP contribution in [0.4, 0.5) is 0 Å². The predicted octanol–water partition coefficient (Wildman–Crippen LogP) is 8.30. The Morgan fingerprint density at radius 2 is 1.26 bits per heavy atom. The van der Waals surface area contributed by atoms with Crippen LogP contribution in [0.2, 0.25) is 0 Å². The van der Waals surface area contributed by atoms with Crippen molar-refractivity contribution >= 4 is 32.3 Å². The molecule has 0 radical (unpaired) electrons. The van der Waals surface area contributed by atoms with Gasteiger partial charge in [0.1, 0.15) is 0 Å². The van der Waals surface area contributed by atoms with E-state index in [2.05, 4.69) is 80.6 Å². The molecular weight excluding hydrogens is 324 g/mol. The van der Waals surface area contributed by atoms with Crippen LogP contribution in [0.5, 0.6) is 0 Å². The normalized spacial score (nSPS) is 11.8. The van der Waals surface area contributed by atoms with Crippen molar-refractivity contribution in [3.63, 3.8) is 0 Å². The summed E-state index contributed by atoms with van der Waals surface area (Å²) in [6.45, 7) is 4.64. The minimum atomic E-state index is 0.845. The van der Waals surface area contributed by atoms with Crippen molar-refractivity contribution < 1.29 is 0 Å². The first kappa shape index (κ1) is 18.0. The first-order chi connectivity index (χ1) is 13.2. The van der Waals surface area contributed by atoms with Gasteiger partial charge in [-0.1, -0.05) is 106 Å². The number of benzene rings is 4. The van der Waals surface area contributed by atoms with Crippen LogP contribution in [0.25, 0.3) is 32.3 Å². The summed E-state index contributed by atoms with van der Waals surface area (Å²) in [6, 6.07) is 24.9. The summed E-state index contributed by atoms with van der Waals surface area (Å²) in [6.07, 6.45) is 8.00. The lowest BCUT2D eigenvalue weighted by atomic mass is 9.95. The fraction of sp³-hybridized carbons (Fsp3) is 0.333. The summed E-state index contributed by atoms with van der Waals surface area (Å²) in [5, 5.41) is 8.14.